The number of rotatable bonds is 6. The molecule has 1 heterocycles. The number of carbonyl (C=O) groups is 1. The van der Waals surface area contributed by atoms with Gasteiger partial charge in [0.15, 0.2) is 0 Å². The summed E-state index contributed by atoms with van der Waals surface area (Å²) in [6, 6.07) is 2.87. The number of alkyl halides is 6. The van der Waals surface area contributed by atoms with Gasteiger partial charge in [-0.3, -0.25) is 4.79 Å². The number of aryl methyl sites for hydroxylation is 1. The Balaban J connectivity index is 1.73. The number of amides is 1. The number of benzene rings is 1. The van der Waals surface area contributed by atoms with Gasteiger partial charge in [0.1, 0.15) is 11.6 Å². The molecule has 1 aliphatic carbocycles. The molecule has 1 aromatic carbocycles. The van der Waals surface area contributed by atoms with Gasteiger partial charge >= 0.3 is 18.4 Å². The second-order valence-corrected chi connectivity index (χ2v) is 7.84. The van der Waals surface area contributed by atoms with Crippen LogP contribution in [0.3, 0.4) is 0 Å². The third kappa shape index (κ3) is 6.41. The zero-order valence-corrected chi connectivity index (χ0v) is 18.3. The monoisotopic (exact) mass is 491 g/mol. The summed E-state index contributed by atoms with van der Waals surface area (Å²) in [6.45, 7) is 1.84. The van der Waals surface area contributed by atoms with Crippen molar-refractivity contribution >= 4 is 23.4 Å². The average Bonchev–Trinajstić information content (AvgIpc) is 2.76. The van der Waals surface area contributed by atoms with E-state index in [1.165, 1.54) is 0 Å². The fourth-order valence-corrected chi connectivity index (χ4v) is 3.86. The number of ether oxygens (including phenoxy) is 1. The maximum atomic E-state index is 13.3. The van der Waals surface area contributed by atoms with Gasteiger partial charge < -0.3 is 20.3 Å². The number of nitrogens with zero attached hydrogens (tertiary/aromatic N) is 3. The average molecular weight is 491 g/mol. The molecule has 2 N–H and O–H groups in total. The molecule has 186 valence electrons. The maximum absolute atomic E-state index is 13.3. The van der Waals surface area contributed by atoms with Crippen LogP contribution < -0.4 is 20.3 Å². The predicted octanol–water partition coefficient (Wildman–Crippen LogP) is 5.04. The van der Waals surface area contributed by atoms with E-state index in [9.17, 15) is 31.1 Å². The van der Waals surface area contributed by atoms with Crippen LogP contribution in [-0.2, 0) is 4.79 Å². The molecule has 0 radical (unpaired) electrons. The Morgan fingerprint density at radius 3 is 2.21 bits per heavy atom. The molecule has 13 heteroatoms. The molecule has 1 aromatic heterocycles. The van der Waals surface area contributed by atoms with E-state index >= 15 is 0 Å². The molecule has 0 saturated heterocycles. The van der Waals surface area contributed by atoms with E-state index in [1.54, 1.807) is 13.2 Å². The fourth-order valence-electron chi connectivity index (χ4n) is 3.86. The minimum absolute atomic E-state index is 0.117. The first-order chi connectivity index (χ1) is 15.9. The van der Waals surface area contributed by atoms with Crippen molar-refractivity contribution in [2.24, 2.45) is 0 Å². The second-order valence-electron chi connectivity index (χ2n) is 7.84. The van der Waals surface area contributed by atoms with Gasteiger partial charge in [0.05, 0.1) is 0 Å². The van der Waals surface area contributed by atoms with Gasteiger partial charge in [-0.2, -0.15) is 18.2 Å². The summed E-state index contributed by atoms with van der Waals surface area (Å²) in [5.41, 5.74) is 0.693. The van der Waals surface area contributed by atoms with Gasteiger partial charge in [0.2, 0.25) is 5.95 Å². The summed E-state index contributed by atoms with van der Waals surface area (Å²) in [4.78, 5) is 21.4. The molecule has 1 aliphatic rings. The van der Waals surface area contributed by atoms with Crippen molar-refractivity contribution in [3.05, 3.63) is 36.0 Å². The Morgan fingerprint density at radius 1 is 1.06 bits per heavy atom. The van der Waals surface area contributed by atoms with Crippen molar-refractivity contribution in [3.8, 4) is 5.75 Å². The Hall–Kier alpha value is -3.25. The van der Waals surface area contributed by atoms with Gasteiger partial charge in [0.25, 0.3) is 0 Å². The SMILES string of the molecule is CNc1nc(NC2CCC(N(C(=O)C(F)(F)F)c3ccc(OC(F)(F)F)cc3)CC2)ncc1C. The highest BCUT2D eigenvalue weighted by Crippen LogP contribution is 2.34. The van der Waals surface area contributed by atoms with Crippen LogP contribution in [-0.4, -0.2) is 47.5 Å². The number of hydrogen-bond donors (Lipinski definition) is 2. The molecule has 0 unspecified atom stereocenters. The van der Waals surface area contributed by atoms with Crippen LogP contribution in [0.1, 0.15) is 31.2 Å². The van der Waals surface area contributed by atoms with Crippen molar-refractivity contribution < 1.29 is 35.9 Å². The topological polar surface area (TPSA) is 79.4 Å². The normalized spacial score (nSPS) is 18.8. The Kier molecular flexibility index (Phi) is 7.41. The van der Waals surface area contributed by atoms with Crippen LogP contribution in [0.5, 0.6) is 5.75 Å². The van der Waals surface area contributed by atoms with E-state index in [2.05, 4.69) is 25.3 Å². The number of hydrogen-bond acceptors (Lipinski definition) is 6. The molecule has 7 nitrogen and oxygen atoms in total. The number of nitrogens with one attached hydrogen (secondary N) is 2. The minimum Gasteiger partial charge on any atom is -0.406 e. The standard InChI is InChI=1S/C21H23F6N5O2/c1-12-11-29-19(31-17(12)28-2)30-13-3-5-14(6-4-13)32(18(33)20(22,23)24)15-7-9-16(10-8-15)34-21(25,26)27/h7-11,13-14H,3-6H2,1-2H3,(H2,28,29,30,31). The number of anilines is 3. The third-order valence-electron chi connectivity index (χ3n) is 5.41. The minimum atomic E-state index is -5.14. The van der Waals surface area contributed by atoms with Crippen LogP contribution in [0.15, 0.2) is 30.5 Å². The molecule has 2 aromatic rings. The summed E-state index contributed by atoms with van der Waals surface area (Å²) in [7, 11) is 1.72. The van der Waals surface area contributed by atoms with E-state index in [-0.39, 0.29) is 24.6 Å². The van der Waals surface area contributed by atoms with E-state index in [0.717, 1.165) is 29.8 Å². The van der Waals surface area contributed by atoms with E-state index in [1.807, 2.05) is 6.92 Å². The first-order valence-corrected chi connectivity index (χ1v) is 10.4. The fraction of sp³-hybridized carbons (Fsp3) is 0.476. The largest absolute Gasteiger partial charge is 0.573 e. The lowest BCUT2D eigenvalue weighted by Crippen LogP contribution is -2.49. The Morgan fingerprint density at radius 2 is 1.68 bits per heavy atom. The van der Waals surface area contributed by atoms with Crippen molar-refractivity contribution in [1.29, 1.82) is 0 Å². The van der Waals surface area contributed by atoms with Gasteiger partial charge in [-0.05, 0) is 56.9 Å². The molecule has 3 rings (SSSR count). The smallest absolute Gasteiger partial charge is 0.406 e. The van der Waals surface area contributed by atoms with Crippen LogP contribution in [0.25, 0.3) is 0 Å². The highest BCUT2D eigenvalue weighted by atomic mass is 19.4. The van der Waals surface area contributed by atoms with Crippen molar-refractivity contribution in [3.63, 3.8) is 0 Å². The van der Waals surface area contributed by atoms with Crippen molar-refractivity contribution in [1.82, 2.24) is 9.97 Å². The molecule has 0 spiro atoms. The van der Waals surface area contributed by atoms with Crippen LogP contribution in [0, 0.1) is 6.92 Å². The summed E-state index contributed by atoms with van der Waals surface area (Å²) < 4.78 is 80.8. The zero-order valence-electron chi connectivity index (χ0n) is 18.3. The summed E-state index contributed by atoms with van der Waals surface area (Å²) in [5, 5.41) is 6.10. The molecule has 0 aliphatic heterocycles. The van der Waals surface area contributed by atoms with E-state index in [0.29, 0.717) is 29.5 Å². The summed E-state index contributed by atoms with van der Waals surface area (Å²) in [6.07, 6.45) is -7.08. The summed E-state index contributed by atoms with van der Waals surface area (Å²) >= 11 is 0. The molecule has 0 atom stereocenters. The maximum Gasteiger partial charge on any atom is 0.573 e. The summed E-state index contributed by atoms with van der Waals surface area (Å²) in [5.74, 6) is -1.65. The third-order valence-corrected chi connectivity index (χ3v) is 5.41. The van der Waals surface area contributed by atoms with Crippen molar-refractivity contribution in [2.75, 3.05) is 22.6 Å². The lowest BCUT2D eigenvalue weighted by atomic mass is 9.89. The molecular weight excluding hydrogens is 468 g/mol. The first kappa shape index (κ1) is 25.4. The lowest BCUT2D eigenvalue weighted by Gasteiger charge is -2.37. The van der Waals surface area contributed by atoms with Gasteiger partial charge in [-0.15, -0.1) is 13.2 Å². The van der Waals surface area contributed by atoms with Gasteiger partial charge in [-0.25, -0.2) is 4.98 Å². The van der Waals surface area contributed by atoms with Crippen LogP contribution in [0.2, 0.25) is 0 Å². The quantitative estimate of drug-likeness (QED) is 0.551. The number of aromatic nitrogens is 2. The number of carbonyl (C=O) groups excluding carboxylic acids is 1. The second kappa shape index (κ2) is 9.94. The zero-order chi connectivity index (χ0) is 25.1. The Bertz CT molecular complexity index is 989. The molecule has 1 amide bonds. The molecule has 1 saturated carbocycles. The molecule has 34 heavy (non-hydrogen) atoms. The van der Waals surface area contributed by atoms with Gasteiger partial charge in [0, 0.05) is 36.6 Å². The van der Waals surface area contributed by atoms with Crippen LogP contribution in [0.4, 0.5) is 43.8 Å². The molecule has 0 bridgehead atoms. The van der Waals surface area contributed by atoms with Gasteiger partial charge in [-0.1, -0.05) is 0 Å². The Labute approximate surface area is 191 Å². The predicted molar refractivity (Wildman–Crippen MR) is 113 cm³/mol. The number of halogens is 6. The highest BCUT2D eigenvalue weighted by molar-refractivity contribution is 5.98. The highest BCUT2D eigenvalue weighted by Gasteiger charge is 2.46. The lowest BCUT2D eigenvalue weighted by molar-refractivity contribution is -0.274. The van der Waals surface area contributed by atoms with Crippen LogP contribution >= 0.6 is 0 Å². The molecular formula is C21H23F6N5O2. The molecule has 1 fully saturated rings. The van der Waals surface area contributed by atoms with Crippen molar-refractivity contribution in [2.45, 2.75) is 57.2 Å². The van der Waals surface area contributed by atoms with E-state index < -0.39 is 30.2 Å². The van der Waals surface area contributed by atoms with E-state index in [4.69, 9.17) is 0 Å². The first-order valence-electron chi connectivity index (χ1n) is 10.4.